The Hall–Kier alpha value is -3.94. The first kappa shape index (κ1) is 39.2. The standard InChI is InChI=1S/C39H56O8/c1-11-19-42-31-25-27(35(44-21-13-3)37(46-23-15-5)33(31)29(40)17-7)39(9,10)28-26-32(43-20-12-2)34(30(41)18-8)38(47-24-16-6)36(28)45-22-14-4/h17-18,25-26H,7-8,11-16,19-24H2,1-6,9-10H3. The van der Waals surface area contributed by atoms with E-state index in [-0.39, 0.29) is 22.7 Å². The first-order chi connectivity index (χ1) is 22.6. The van der Waals surface area contributed by atoms with E-state index in [0.29, 0.717) is 74.1 Å². The third kappa shape index (κ3) is 9.55. The molecule has 0 saturated carbocycles. The number of benzene rings is 2. The van der Waals surface area contributed by atoms with E-state index in [9.17, 15) is 9.59 Å². The molecule has 0 N–H and O–H groups in total. The van der Waals surface area contributed by atoms with Gasteiger partial charge in [-0.1, -0.05) is 68.5 Å². The largest absolute Gasteiger partial charge is 0.493 e. The Labute approximate surface area is 282 Å². The molecule has 2 rings (SSSR count). The van der Waals surface area contributed by atoms with Crippen LogP contribution in [0.25, 0.3) is 0 Å². The van der Waals surface area contributed by atoms with Crippen molar-refractivity contribution in [2.75, 3.05) is 39.6 Å². The molecule has 47 heavy (non-hydrogen) atoms. The summed E-state index contributed by atoms with van der Waals surface area (Å²) < 4.78 is 38.1. The summed E-state index contributed by atoms with van der Waals surface area (Å²) in [6, 6.07) is 3.73. The van der Waals surface area contributed by atoms with E-state index in [1.54, 1.807) is 0 Å². The lowest BCUT2D eigenvalue weighted by Crippen LogP contribution is -2.25. The fourth-order valence-corrected chi connectivity index (χ4v) is 5.01. The highest BCUT2D eigenvalue weighted by Crippen LogP contribution is 2.53. The number of ketones is 2. The molecule has 0 spiro atoms. The van der Waals surface area contributed by atoms with Gasteiger partial charge in [0.25, 0.3) is 0 Å². The molecular formula is C39H56O8. The summed E-state index contributed by atoms with van der Waals surface area (Å²) >= 11 is 0. The smallest absolute Gasteiger partial charge is 0.192 e. The first-order valence-electron chi connectivity index (χ1n) is 17.2. The van der Waals surface area contributed by atoms with Crippen LogP contribution in [0, 0.1) is 0 Å². The van der Waals surface area contributed by atoms with Crippen LogP contribution >= 0.6 is 0 Å². The highest BCUT2D eigenvalue weighted by atomic mass is 16.5. The number of hydrogen-bond acceptors (Lipinski definition) is 8. The van der Waals surface area contributed by atoms with Crippen molar-refractivity contribution in [2.45, 2.75) is 99.3 Å². The lowest BCUT2D eigenvalue weighted by atomic mass is 9.75. The molecule has 8 heteroatoms. The van der Waals surface area contributed by atoms with E-state index in [2.05, 4.69) is 13.2 Å². The number of ether oxygens (including phenoxy) is 6. The molecule has 8 nitrogen and oxygen atoms in total. The zero-order valence-electron chi connectivity index (χ0n) is 30.0. The molecule has 0 bridgehead atoms. The first-order valence-corrected chi connectivity index (χ1v) is 17.2. The monoisotopic (exact) mass is 652 g/mol. The van der Waals surface area contributed by atoms with Gasteiger partial charge in [0.1, 0.15) is 22.6 Å². The minimum atomic E-state index is -0.874. The second-order valence-electron chi connectivity index (χ2n) is 11.8. The van der Waals surface area contributed by atoms with Gasteiger partial charge >= 0.3 is 0 Å². The summed E-state index contributed by atoms with van der Waals surface area (Å²) in [5.74, 6) is 1.65. The summed E-state index contributed by atoms with van der Waals surface area (Å²) in [4.78, 5) is 26.8. The van der Waals surface area contributed by atoms with E-state index in [0.717, 1.165) is 49.7 Å². The molecule has 0 amide bonds. The van der Waals surface area contributed by atoms with Gasteiger partial charge in [0.2, 0.25) is 0 Å². The van der Waals surface area contributed by atoms with Crippen LogP contribution in [0.2, 0.25) is 0 Å². The molecule has 0 aliphatic heterocycles. The summed E-state index contributed by atoms with van der Waals surface area (Å²) in [7, 11) is 0. The molecule has 0 fully saturated rings. The van der Waals surface area contributed by atoms with Gasteiger partial charge in [-0.15, -0.1) is 0 Å². The van der Waals surface area contributed by atoms with Gasteiger partial charge in [0.05, 0.1) is 39.6 Å². The van der Waals surface area contributed by atoms with Crippen LogP contribution in [0.3, 0.4) is 0 Å². The van der Waals surface area contributed by atoms with Crippen LogP contribution < -0.4 is 28.4 Å². The average Bonchev–Trinajstić information content (AvgIpc) is 3.08. The minimum Gasteiger partial charge on any atom is -0.493 e. The van der Waals surface area contributed by atoms with Gasteiger partial charge in [-0.05, 0) is 62.8 Å². The summed E-state index contributed by atoms with van der Waals surface area (Å²) in [6.07, 6.45) is 6.92. The van der Waals surface area contributed by atoms with Gasteiger partial charge in [-0.25, -0.2) is 0 Å². The molecule has 260 valence electrons. The van der Waals surface area contributed by atoms with Gasteiger partial charge in [-0.2, -0.15) is 0 Å². The third-order valence-corrected chi connectivity index (χ3v) is 7.34. The predicted octanol–water partition coefficient (Wildman–Crippen LogP) is 9.48. The van der Waals surface area contributed by atoms with E-state index in [1.807, 2.05) is 67.5 Å². The molecule has 0 saturated heterocycles. The Morgan fingerprint density at radius 2 is 0.809 bits per heavy atom. The number of carbonyl (C=O) groups is 2. The Balaban J connectivity index is 3.21. The second kappa shape index (κ2) is 19.7. The molecule has 2 aromatic rings. The topological polar surface area (TPSA) is 89.5 Å². The van der Waals surface area contributed by atoms with Gasteiger partial charge in [0.15, 0.2) is 34.6 Å². The number of hydrogen-bond donors (Lipinski definition) is 0. The van der Waals surface area contributed by atoms with E-state index >= 15 is 0 Å². The molecule has 0 radical (unpaired) electrons. The SMILES string of the molecule is C=CC(=O)c1c(OCCC)cc(C(C)(C)c2cc(OCCC)c(C(=O)C=C)c(OCCC)c2OCCC)c(OCCC)c1OCCC. The van der Waals surface area contributed by atoms with Gasteiger partial charge in [-0.3, -0.25) is 9.59 Å². The lowest BCUT2D eigenvalue weighted by Gasteiger charge is -2.33. The Morgan fingerprint density at radius 3 is 1.09 bits per heavy atom. The highest BCUT2D eigenvalue weighted by molar-refractivity contribution is 6.10. The average molecular weight is 653 g/mol. The zero-order valence-corrected chi connectivity index (χ0v) is 30.0. The fraction of sp³-hybridized carbons (Fsp3) is 0.538. The van der Waals surface area contributed by atoms with Crippen LogP contribution in [0.4, 0.5) is 0 Å². The number of carbonyl (C=O) groups excluding carboxylic acids is 2. The van der Waals surface area contributed by atoms with Crippen molar-refractivity contribution < 1.29 is 38.0 Å². The Bertz CT molecular complexity index is 1260. The molecule has 0 unspecified atom stereocenters. The van der Waals surface area contributed by atoms with Crippen molar-refractivity contribution in [3.8, 4) is 34.5 Å². The van der Waals surface area contributed by atoms with Gasteiger partial charge < -0.3 is 28.4 Å². The van der Waals surface area contributed by atoms with Crippen molar-refractivity contribution in [3.05, 3.63) is 59.7 Å². The highest BCUT2D eigenvalue weighted by Gasteiger charge is 2.39. The molecule has 2 aromatic carbocycles. The van der Waals surface area contributed by atoms with Crippen molar-refractivity contribution >= 4 is 11.6 Å². The van der Waals surface area contributed by atoms with Gasteiger partial charge in [0, 0.05) is 16.5 Å². The quantitative estimate of drug-likeness (QED) is 0.0818. The maximum absolute atomic E-state index is 13.4. The maximum Gasteiger partial charge on any atom is 0.192 e. The second-order valence-corrected chi connectivity index (χ2v) is 11.8. The van der Waals surface area contributed by atoms with Crippen LogP contribution in [0.15, 0.2) is 37.4 Å². The van der Waals surface area contributed by atoms with Crippen molar-refractivity contribution in [3.63, 3.8) is 0 Å². The molecule has 0 heterocycles. The zero-order chi connectivity index (χ0) is 35.0. The fourth-order valence-electron chi connectivity index (χ4n) is 5.01. The number of rotatable bonds is 24. The van der Waals surface area contributed by atoms with E-state index < -0.39 is 5.41 Å². The summed E-state index contributed by atoms with van der Waals surface area (Å²) in [5.41, 5.74) is 1.12. The van der Waals surface area contributed by atoms with Crippen molar-refractivity contribution in [1.82, 2.24) is 0 Å². The Kier molecular flexibility index (Phi) is 16.4. The molecular weight excluding hydrogens is 596 g/mol. The molecule has 0 aliphatic rings. The molecule has 0 aromatic heterocycles. The minimum absolute atomic E-state index is 0.279. The van der Waals surface area contributed by atoms with E-state index in [1.165, 1.54) is 12.2 Å². The normalized spacial score (nSPS) is 11.1. The number of allylic oxidation sites excluding steroid dienone is 2. The van der Waals surface area contributed by atoms with E-state index in [4.69, 9.17) is 28.4 Å². The third-order valence-electron chi connectivity index (χ3n) is 7.34. The van der Waals surface area contributed by atoms with Crippen LogP contribution in [0.5, 0.6) is 34.5 Å². The van der Waals surface area contributed by atoms with Crippen LogP contribution in [-0.2, 0) is 5.41 Å². The lowest BCUT2D eigenvalue weighted by molar-refractivity contribution is 0.102. The molecule has 0 atom stereocenters. The van der Waals surface area contributed by atoms with Crippen molar-refractivity contribution in [2.24, 2.45) is 0 Å². The summed E-state index contributed by atoms with van der Waals surface area (Å²) in [6.45, 7) is 25.9. The van der Waals surface area contributed by atoms with Crippen LogP contribution in [-0.4, -0.2) is 51.2 Å². The molecule has 0 aliphatic carbocycles. The van der Waals surface area contributed by atoms with Crippen molar-refractivity contribution in [1.29, 1.82) is 0 Å². The van der Waals surface area contributed by atoms with Crippen LogP contribution in [0.1, 0.15) is 126 Å². The maximum atomic E-state index is 13.4. The Morgan fingerprint density at radius 1 is 0.532 bits per heavy atom. The summed E-state index contributed by atoms with van der Waals surface area (Å²) in [5, 5.41) is 0. The predicted molar refractivity (Wildman–Crippen MR) is 189 cm³/mol.